The molecule has 94 valence electrons. The molecule has 2 heterocycles. The lowest BCUT2D eigenvalue weighted by Crippen LogP contribution is -2.05. The number of aryl methyl sites for hydroxylation is 1. The molecule has 0 saturated heterocycles. The summed E-state index contributed by atoms with van der Waals surface area (Å²) in [5.41, 5.74) is 2.32. The number of aromatic nitrogens is 4. The Hall–Kier alpha value is -2.56. The van der Waals surface area contributed by atoms with Crippen molar-refractivity contribution in [2.75, 3.05) is 0 Å². The van der Waals surface area contributed by atoms with Crippen LogP contribution in [-0.4, -0.2) is 25.5 Å². The number of nitrogens with zero attached hydrogens (tertiary/aromatic N) is 4. The minimum absolute atomic E-state index is 0.0237. The summed E-state index contributed by atoms with van der Waals surface area (Å²) >= 11 is 0. The maximum absolute atomic E-state index is 12.1. The van der Waals surface area contributed by atoms with E-state index in [-0.39, 0.29) is 12.2 Å². The van der Waals surface area contributed by atoms with Gasteiger partial charge in [0.2, 0.25) is 0 Å². The summed E-state index contributed by atoms with van der Waals surface area (Å²) in [6, 6.07) is 7.87. The maximum Gasteiger partial charge on any atom is 0.172 e. The summed E-state index contributed by atoms with van der Waals surface area (Å²) in [4.78, 5) is 19.9. The molecule has 2 aromatic heterocycles. The maximum atomic E-state index is 12.1. The lowest BCUT2D eigenvalue weighted by Gasteiger charge is -1.97. The molecule has 5 heteroatoms. The molecule has 0 N–H and O–H groups in total. The Kier molecular flexibility index (Phi) is 2.79. The van der Waals surface area contributed by atoms with Crippen molar-refractivity contribution < 1.29 is 4.79 Å². The number of rotatable bonds is 3. The van der Waals surface area contributed by atoms with Crippen LogP contribution in [0.1, 0.15) is 16.1 Å². The fourth-order valence-corrected chi connectivity index (χ4v) is 2.12. The van der Waals surface area contributed by atoms with E-state index in [0.717, 1.165) is 16.6 Å². The Morgan fingerprint density at radius 3 is 2.74 bits per heavy atom. The molecular weight excluding hydrogens is 240 g/mol. The third-order valence-electron chi connectivity index (χ3n) is 3.04. The number of Topliss-reactive ketones (excluding diaryl/α,β-unsaturated/α-hetero) is 1. The van der Waals surface area contributed by atoms with Gasteiger partial charge < -0.3 is 0 Å². The molecule has 19 heavy (non-hydrogen) atoms. The average Bonchev–Trinajstić information content (AvgIpc) is 2.77. The summed E-state index contributed by atoms with van der Waals surface area (Å²) in [6.07, 6.45) is 4.72. The van der Waals surface area contributed by atoms with Crippen LogP contribution in [0.15, 0.2) is 43.0 Å². The Bertz CT molecular complexity index is 734. The van der Waals surface area contributed by atoms with Crippen LogP contribution in [0.25, 0.3) is 10.9 Å². The molecule has 0 radical (unpaired) electrons. The van der Waals surface area contributed by atoms with E-state index in [0.29, 0.717) is 5.56 Å². The number of carbonyl (C=O) groups is 1. The molecule has 0 unspecified atom stereocenters. The fourth-order valence-electron chi connectivity index (χ4n) is 2.12. The monoisotopic (exact) mass is 252 g/mol. The topological polar surface area (TPSA) is 60.7 Å². The highest BCUT2D eigenvalue weighted by atomic mass is 16.1. The van der Waals surface area contributed by atoms with Crippen molar-refractivity contribution in [3.05, 3.63) is 54.2 Å². The van der Waals surface area contributed by atoms with Gasteiger partial charge in [-0.2, -0.15) is 5.10 Å². The van der Waals surface area contributed by atoms with Gasteiger partial charge in [-0.1, -0.05) is 18.2 Å². The van der Waals surface area contributed by atoms with Crippen molar-refractivity contribution in [1.29, 1.82) is 0 Å². The molecule has 0 spiro atoms. The van der Waals surface area contributed by atoms with E-state index in [9.17, 15) is 4.79 Å². The molecule has 0 saturated carbocycles. The standard InChI is InChI=1S/C14H12N4O/c1-18-13-5-3-2-4-11(13)12(17-18)6-14(19)10-7-15-9-16-8-10/h2-5,7-9H,6H2,1H3. The van der Waals surface area contributed by atoms with Crippen molar-refractivity contribution in [1.82, 2.24) is 19.7 Å². The second-order valence-corrected chi connectivity index (χ2v) is 4.31. The summed E-state index contributed by atoms with van der Waals surface area (Å²) in [6.45, 7) is 0. The average molecular weight is 252 g/mol. The van der Waals surface area contributed by atoms with E-state index in [2.05, 4.69) is 15.1 Å². The van der Waals surface area contributed by atoms with Crippen LogP contribution in [-0.2, 0) is 13.5 Å². The molecule has 1 aromatic carbocycles. The van der Waals surface area contributed by atoms with Crippen LogP contribution >= 0.6 is 0 Å². The molecular formula is C14H12N4O. The van der Waals surface area contributed by atoms with Crippen molar-refractivity contribution in [2.45, 2.75) is 6.42 Å². The first kappa shape index (κ1) is 11.5. The molecule has 0 bridgehead atoms. The number of hydrogen-bond acceptors (Lipinski definition) is 4. The van der Waals surface area contributed by atoms with E-state index < -0.39 is 0 Å². The van der Waals surface area contributed by atoms with Gasteiger partial charge in [-0.15, -0.1) is 0 Å². The zero-order chi connectivity index (χ0) is 13.2. The molecule has 0 aliphatic rings. The second kappa shape index (κ2) is 4.61. The number of fused-ring (bicyclic) bond motifs is 1. The largest absolute Gasteiger partial charge is 0.294 e. The number of ketones is 1. The molecule has 0 aliphatic carbocycles. The summed E-state index contributed by atoms with van der Waals surface area (Å²) in [5, 5.41) is 5.42. The predicted molar refractivity (Wildman–Crippen MR) is 70.8 cm³/mol. The van der Waals surface area contributed by atoms with Crippen LogP contribution in [0.3, 0.4) is 0 Å². The van der Waals surface area contributed by atoms with Gasteiger partial charge in [-0.3, -0.25) is 9.48 Å². The predicted octanol–water partition coefficient (Wildman–Crippen LogP) is 1.79. The third-order valence-corrected chi connectivity index (χ3v) is 3.04. The Balaban J connectivity index is 1.96. The Morgan fingerprint density at radius 1 is 1.21 bits per heavy atom. The molecule has 5 nitrogen and oxygen atoms in total. The van der Waals surface area contributed by atoms with Gasteiger partial charge in [0.05, 0.1) is 23.2 Å². The van der Waals surface area contributed by atoms with E-state index in [1.807, 2.05) is 31.3 Å². The van der Waals surface area contributed by atoms with Crippen molar-refractivity contribution in [3.8, 4) is 0 Å². The molecule has 3 rings (SSSR count). The smallest absolute Gasteiger partial charge is 0.172 e. The number of para-hydroxylation sites is 1. The van der Waals surface area contributed by atoms with Gasteiger partial charge in [0.15, 0.2) is 5.78 Å². The van der Waals surface area contributed by atoms with Crippen molar-refractivity contribution in [2.24, 2.45) is 7.05 Å². The zero-order valence-corrected chi connectivity index (χ0v) is 10.4. The highest BCUT2D eigenvalue weighted by molar-refractivity contribution is 5.98. The highest BCUT2D eigenvalue weighted by Crippen LogP contribution is 2.18. The normalized spacial score (nSPS) is 10.8. The molecule has 3 aromatic rings. The quantitative estimate of drug-likeness (QED) is 0.667. The van der Waals surface area contributed by atoms with Gasteiger partial charge in [0, 0.05) is 24.8 Å². The number of hydrogen-bond donors (Lipinski definition) is 0. The Labute approximate surface area is 109 Å². The van der Waals surface area contributed by atoms with Crippen molar-refractivity contribution >= 4 is 16.7 Å². The Morgan fingerprint density at radius 2 is 1.95 bits per heavy atom. The van der Waals surface area contributed by atoms with Gasteiger partial charge in [0.25, 0.3) is 0 Å². The van der Waals surface area contributed by atoms with Crippen LogP contribution < -0.4 is 0 Å². The fraction of sp³-hybridized carbons (Fsp3) is 0.143. The minimum Gasteiger partial charge on any atom is -0.294 e. The minimum atomic E-state index is -0.0237. The molecule has 0 fully saturated rings. The molecule has 0 aliphatic heterocycles. The van der Waals surface area contributed by atoms with E-state index in [1.165, 1.54) is 18.7 Å². The molecule has 0 atom stereocenters. The van der Waals surface area contributed by atoms with Crippen LogP contribution in [0.5, 0.6) is 0 Å². The first-order valence-corrected chi connectivity index (χ1v) is 5.94. The van der Waals surface area contributed by atoms with Crippen LogP contribution in [0.2, 0.25) is 0 Å². The van der Waals surface area contributed by atoms with E-state index in [4.69, 9.17) is 0 Å². The first-order valence-electron chi connectivity index (χ1n) is 5.94. The SMILES string of the molecule is Cn1nc(CC(=O)c2cncnc2)c2ccccc21. The lowest BCUT2D eigenvalue weighted by atomic mass is 10.1. The summed E-state index contributed by atoms with van der Waals surface area (Å²) in [7, 11) is 1.88. The van der Waals surface area contributed by atoms with E-state index >= 15 is 0 Å². The number of carbonyl (C=O) groups excluding carboxylic acids is 1. The van der Waals surface area contributed by atoms with Crippen LogP contribution in [0.4, 0.5) is 0 Å². The van der Waals surface area contributed by atoms with Crippen LogP contribution in [0, 0.1) is 0 Å². The summed E-state index contributed by atoms with van der Waals surface area (Å²) < 4.78 is 1.79. The highest BCUT2D eigenvalue weighted by Gasteiger charge is 2.13. The zero-order valence-electron chi connectivity index (χ0n) is 10.4. The van der Waals surface area contributed by atoms with Gasteiger partial charge in [-0.25, -0.2) is 9.97 Å². The van der Waals surface area contributed by atoms with Crippen molar-refractivity contribution in [3.63, 3.8) is 0 Å². The second-order valence-electron chi connectivity index (χ2n) is 4.31. The van der Waals surface area contributed by atoms with Gasteiger partial charge >= 0.3 is 0 Å². The van der Waals surface area contributed by atoms with Gasteiger partial charge in [0.1, 0.15) is 6.33 Å². The first-order chi connectivity index (χ1) is 9.25. The third kappa shape index (κ3) is 2.10. The van der Waals surface area contributed by atoms with E-state index in [1.54, 1.807) is 4.68 Å². The van der Waals surface area contributed by atoms with Gasteiger partial charge in [-0.05, 0) is 6.07 Å². The number of benzene rings is 1. The molecule has 0 amide bonds. The lowest BCUT2D eigenvalue weighted by molar-refractivity contribution is 0.0991. The summed E-state index contributed by atoms with van der Waals surface area (Å²) in [5.74, 6) is -0.0237.